The van der Waals surface area contributed by atoms with Crippen molar-refractivity contribution >= 4 is 66.6 Å². The SMILES string of the molecule is Cc1cc(Cl)cc2sc(N(CCN(C)C)C(=O)c3ccc(S(=O)(=O)N4CCCCCC4)cc3)nc12.Cl. The summed E-state index contributed by atoms with van der Waals surface area (Å²) in [6, 6.07) is 10.0. The quantitative estimate of drug-likeness (QED) is 0.377. The van der Waals surface area contributed by atoms with E-state index in [1.807, 2.05) is 38.1 Å². The fraction of sp³-hybridized carbons (Fsp3) is 0.440. The Bertz CT molecular complexity index is 1300. The van der Waals surface area contributed by atoms with Crippen LogP contribution in [0.3, 0.4) is 0 Å². The summed E-state index contributed by atoms with van der Waals surface area (Å²) in [5.74, 6) is -0.214. The van der Waals surface area contributed by atoms with Crippen molar-refractivity contribution in [3.8, 4) is 0 Å². The lowest BCUT2D eigenvalue weighted by molar-refractivity contribution is 0.0985. The number of likely N-dealkylation sites (N-methyl/N-ethyl adjacent to an activating group) is 1. The van der Waals surface area contributed by atoms with Crippen LogP contribution in [0.15, 0.2) is 41.3 Å². The number of nitrogens with zero attached hydrogens (tertiary/aromatic N) is 4. The van der Waals surface area contributed by atoms with Gasteiger partial charge in [-0.15, -0.1) is 12.4 Å². The predicted octanol–water partition coefficient (Wildman–Crippen LogP) is 5.45. The second-order valence-electron chi connectivity index (χ2n) is 9.17. The Balaban J connectivity index is 0.00000361. The minimum atomic E-state index is -3.57. The number of carbonyl (C=O) groups is 1. The molecule has 196 valence electrons. The maximum absolute atomic E-state index is 13.6. The molecule has 0 unspecified atom stereocenters. The van der Waals surface area contributed by atoms with Crippen molar-refractivity contribution in [2.75, 3.05) is 45.2 Å². The van der Waals surface area contributed by atoms with E-state index in [2.05, 4.69) is 0 Å². The molecule has 2 heterocycles. The predicted molar refractivity (Wildman–Crippen MR) is 151 cm³/mol. The number of hydrogen-bond donors (Lipinski definition) is 0. The standard InChI is InChI=1S/C25H31ClN4O3S2.ClH/c1-18-16-20(26)17-22-23(18)27-25(34-22)30(15-14-28(2)3)24(31)19-8-10-21(11-9-19)35(32,33)29-12-6-4-5-7-13-29;/h8-11,16-17H,4-7,12-15H2,1-3H3;1H. The highest BCUT2D eigenvalue weighted by molar-refractivity contribution is 7.89. The molecule has 0 aliphatic carbocycles. The Morgan fingerprint density at radius 2 is 1.69 bits per heavy atom. The van der Waals surface area contributed by atoms with Gasteiger partial charge in [0, 0.05) is 36.8 Å². The van der Waals surface area contributed by atoms with Crippen molar-refractivity contribution in [2.24, 2.45) is 0 Å². The molecule has 0 bridgehead atoms. The number of carbonyl (C=O) groups excluding carboxylic acids is 1. The van der Waals surface area contributed by atoms with Gasteiger partial charge in [-0.2, -0.15) is 4.31 Å². The van der Waals surface area contributed by atoms with Gasteiger partial charge in [0.15, 0.2) is 5.13 Å². The Hall–Kier alpha value is -1.75. The molecule has 11 heteroatoms. The second-order valence-corrected chi connectivity index (χ2v) is 12.6. The van der Waals surface area contributed by atoms with Crippen LogP contribution < -0.4 is 4.90 Å². The molecule has 1 aromatic heterocycles. The highest BCUT2D eigenvalue weighted by Crippen LogP contribution is 2.33. The first kappa shape index (κ1) is 28.8. The molecule has 0 radical (unpaired) electrons. The lowest BCUT2D eigenvalue weighted by Crippen LogP contribution is -2.36. The van der Waals surface area contributed by atoms with Crippen LogP contribution in [-0.2, 0) is 10.0 Å². The normalized spacial score (nSPS) is 15.0. The number of hydrogen-bond acceptors (Lipinski definition) is 6. The summed E-state index contributed by atoms with van der Waals surface area (Å²) in [6.07, 6.45) is 3.87. The van der Waals surface area contributed by atoms with Crippen molar-refractivity contribution in [3.63, 3.8) is 0 Å². The lowest BCUT2D eigenvalue weighted by atomic mass is 10.2. The average Bonchev–Trinajstić information content (AvgIpc) is 3.04. The minimum absolute atomic E-state index is 0. The maximum Gasteiger partial charge on any atom is 0.260 e. The van der Waals surface area contributed by atoms with Crippen LogP contribution in [0.2, 0.25) is 5.02 Å². The van der Waals surface area contributed by atoms with E-state index in [0.29, 0.717) is 41.9 Å². The van der Waals surface area contributed by atoms with Gasteiger partial charge in [0.25, 0.3) is 5.91 Å². The maximum atomic E-state index is 13.6. The van der Waals surface area contributed by atoms with Crippen molar-refractivity contribution in [2.45, 2.75) is 37.5 Å². The number of fused-ring (bicyclic) bond motifs is 1. The summed E-state index contributed by atoms with van der Waals surface area (Å²) in [5.41, 5.74) is 2.21. The Labute approximate surface area is 228 Å². The number of amides is 1. The van der Waals surface area contributed by atoms with Crippen molar-refractivity contribution < 1.29 is 13.2 Å². The van der Waals surface area contributed by atoms with Crippen LogP contribution in [-0.4, -0.2) is 68.8 Å². The minimum Gasteiger partial charge on any atom is -0.308 e. The van der Waals surface area contributed by atoms with Crippen molar-refractivity contribution in [1.82, 2.24) is 14.2 Å². The molecule has 0 saturated carbocycles. The van der Waals surface area contributed by atoms with Gasteiger partial charge >= 0.3 is 0 Å². The topological polar surface area (TPSA) is 73.8 Å². The zero-order valence-electron chi connectivity index (χ0n) is 20.7. The average molecular weight is 572 g/mol. The summed E-state index contributed by atoms with van der Waals surface area (Å²) in [6.45, 7) is 4.15. The van der Waals surface area contributed by atoms with Crippen LogP contribution in [0.25, 0.3) is 10.2 Å². The van der Waals surface area contributed by atoms with Gasteiger partial charge < -0.3 is 4.90 Å². The van der Waals surface area contributed by atoms with Gasteiger partial charge in [-0.3, -0.25) is 9.69 Å². The molecular formula is C25H32Cl2N4O3S2. The monoisotopic (exact) mass is 570 g/mol. The van der Waals surface area contributed by atoms with E-state index in [-0.39, 0.29) is 23.2 Å². The van der Waals surface area contributed by atoms with E-state index >= 15 is 0 Å². The van der Waals surface area contributed by atoms with Crippen molar-refractivity contribution in [3.05, 3.63) is 52.5 Å². The van der Waals surface area contributed by atoms with Crippen LogP contribution in [0.5, 0.6) is 0 Å². The molecule has 0 atom stereocenters. The van der Waals surface area contributed by atoms with Gasteiger partial charge in [-0.05, 0) is 75.8 Å². The fourth-order valence-corrected chi connectivity index (χ4v) is 7.16. The van der Waals surface area contributed by atoms with Crippen LogP contribution in [0.1, 0.15) is 41.6 Å². The zero-order valence-corrected chi connectivity index (χ0v) is 23.9. The zero-order chi connectivity index (χ0) is 25.2. The first-order chi connectivity index (χ1) is 16.7. The Kier molecular flexibility index (Phi) is 9.76. The highest BCUT2D eigenvalue weighted by atomic mass is 35.5. The number of sulfonamides is 1. The largest absolute Gasteiger partial charge is 0.308 e. The van der Waals surface area contributed by atoms with E-state index in [1.165, 1.54) is 11.3 Å². The summed E-state index contributed by atoms with van der Waals surface area (Å²) in [4.78, 5) is 22.2. The first-order valence-electron chi connectivity index (χ1n) is 11.8. The van der Waals surface area contributed by atoms with Gasteiger partial charge in [-0.1, -0.05) is 35.8 Å². The smallest absolute Gasteiger partial charge is 0.260 e. The lowest BCUT2D eigenvalue weighted by Gasteiger charge is -2.22. The van der Waals surface area contributed by atoms with Gasteiger partial charge in [0.05, 0.1) is 15.1 Å². The molecule has 36 heavy (non-hydrogen) atoms. The molecule has 0 N–H and O–H groups in total. The molecule has 0 spiro atoms. The number of halogens is 2. The molecule has 2 aromatic carbocycles. The molecular weight excluding hydrogens is 539 g/mol. The summed E-state index contributed by atoms with van der Waals surface area (Å²) in [7, 11) is 0.335. The molecule has 3 aromatic rings. The number of aryl methyl sites for hydroxylation is 1. The van der Waals surface area contributed by atoms with E-state index < -0.39 is 10.0 Å². The van der Waals surface area contributed by atoms with Crippen LogP contribution in [0.4, 0.5) is 5.13 Å². The third-order valence-electron chi connectivity index (χ3n) is 6.19. The fourth-order valence-electron chi connectivity index (χ4n) is 4.20. The third-order valence-corrected chi connectivity index (χ3v) is 9.35. The molecule has 1 aliphatic heterocycles. The van der Waals surface area contributed by atoms with E-state index in [4.69, 9.17) is 16.6 Å². The molecule has 1 fully saturated rings. The van der Waals surface area contributed by atoms with E-state index in [1.54, 1.807) is 33.5 Å². The molecule has 4 rings (SSSR count). The van der Waals surface area contributed by atoms with Crippen molar-refractivity contribution in [1.29, 1.82) is 0 Å². The summed E-state index contributed by atoms with van der Waals surface area (Å²) < 4.78 is 28.7. The van der Waals surface area contributed by atoms with Crippen LogP contribution >= 0.6 is 35.3 Å². The molecule has 7 nitrogen and oxygen atoms in total. The number of thiazole rings is 1. The number of aromatic nitrogens is 1. The van der Waals surface area contributed by atoms with Gasteiger partial charge in [0.2, 0.25) is 10.0 Å². The van der Waals surface area contributed by atoms with Gasteiger partial charge in [0.1, 0.15) is 0 Å². The molecule has 1 amide bonds. The Morgan fingerprint density at radius 3 is 2.31 bits per heavy atom. The van der Waals surface area contributed by atoms with Gasteiger partial charge in [-0.25, -0.2) is 13.4 Å². The number of anilines is 1. The Morgan fingerprint density at radius 1 is 1.06 bits per heavy atom. The third kappa shape index (κ3) is 6.38. The first-order valence-corrected chi connectivity index (χ1v) is 14.4. The van der Waals surface area contributed by atoms with E-state index in [0.717, 1.165) is 41.5 Å². The summed E-state index contributed by atoms with van der Waals surface area (Å²) in [5, 5.41) is 1.23. The summed E-state index contributed by atoms with van der Waals surface area (Å²) >= 11 is 7.65. The molecule has 1 saturated heterocycles. The number of rotatable bonds is 7. The van der Waals surface area contributed by atoms with E-state index in [9.17, 15) is 13.2 Å². The second kappa shape index (κ2) is 12.2. The number of benzene rings is 2. The molecule has 1 aliphatic rings. The van der Waals surface area contributed by atoms with Crippen LogP contribution in [0, 0.1) is 6.92 Å². The highest BCUT2D eigenvalue weighted by Gasteiger charge is 2.27.